The van der Waals surface area contributed by atoms with Crippen LogP contribution in [0.3, 0.4) is 0 Å². The number of hydrogen-bond acceptors (Lipinski definition) is 5. The second-order valence-corrected chi connectivity index (χ2v) is 5.77. The van der Waals surface area contributed by atoms with Gasteiger partial charge in [-0.1, -0.05) is 30.3 Å². The molecule has 2 heterocycles. The minimum atomic E-state index is 0.500. The van der Waals surface area contributed by atoms with E-state index in [1.807, 2.05) is 48.7 Å². The highest BCUT2D eigenvalue weighted by Gasteiger charge is 2.08. The van der Waals surface area contributed by atoms with Gasteiger partial charge in [0.25, 0.3) is 0 Å². The van der Waals surface area contributed by atoms with E-state index in [4.69, 9.17) is 0 Å². The number of allylic oxidation sites excluding steroid dienone is 1. The van der Waals surface area contributed by atoms with Gasteiger partial charge in [0.2, 0.25) is 0 Å². The van der Waals surface area contributed by atoms with E-state index in [-0.39, 0.29) is 0 Å². The fourth-order valence-corrected chi connectivity index (χ4v) is 2.84. The van der Waals surface area contributed by atoms with Crippen molar-refractivity contribution < 1.29 is 0 Å². The maximum atomic E-state index is 9.40. The second-order valence-electron chi connectivity index (χ2n) is 4.91. The van der Waals surface area contributed by atoms with E-state index in [2.05, 4.69) is 21.4 Å². The number of nitrogens with zero attached hydrogens (tertiary/aromatic N) is 3. The zero-order valence-corrected chi connectivity index (χ0v) is 13.3. The van der Waals surface area contributed by atoms with Crippen molar-refractivity contribution in [3.05, 3.63) is 70.9 Å². The molecule has 0 fully saturated rings. The monoisotopic (exact) mass is 318 g/mol. The second kappa shape index (κ2) is 6.86. The van der Waals surface area contributed by atoms with E-state index >= 15 is 0 Å². The highest BCUT2D eigenvalue weighted by atomic mass is 32.1. The number of aromatic nitrogens is 2. The predicted octanol–water partition coefficient (Wildman–Crippen LogP) is 4.49. The van der Waals surface area contributed by atoms with Gasteiger partial charge >= 0.3 is 0 Å². The summed E-state index contributed by atoms with van der Waals surface area (Å²) in [5.74, 6) is 0. The quantitative estimate of drug-likeness (QED) is 0.720. The first-order chi connectivity index (χ1) is 11.3. The highest BCUT2D eigenvalue weighted by Crippen LogP contribution is 2.26. The molecule has 3 aromatic rings. The molecule has 4 nitrogen and oxygen atoms in total. The molecule has 23 heavy (non-hydrogen) atoms. The van der Waals surface area contributed by atoms with Crippen LogP contribution >= 0.6 is 11.3 Å². The summed E-state index contributed by atoms with van der Waals surface area (Å²) in [6.07, 6.45) is 5.15. The van der Waals surface area contributed by atoms with E-state index in [0.29, 0.717) is 10.6 Å². The van der Waals surface area contributed by atoms with Gasteiger partial charge in [0.1, 0.15) is 16.6 Å². The molecule has 0 bridgehead atoms. The lowest BCUT2D eigenvalue weighted by Gasteiger charge is -2.04. The molecule has 2 aromatic heterocycles. The van der Waals surface area contributed by atoms with Crippen molar-refractivity contribution >= 4 is 22.6 Å². The van der Waals surface area contributed by atoms with Gasteiger partial charge in [-0.25, -0.2) is 4.98 Å². The van der Waals surface area contributed by atoms with Crippen LogP contribution in [0.1, 0.15) is 10.6 Å². The summed E-state index contributed by atoms with van der Waals surface area (Å²) in [6, 6.07) is 14.0. The van der Waals surface area contributed by atoms with Crippen molar-refractivity contribution in [3.63, 3.8) is 0 Å². The van der Waals surface area contributed by atoms with Crippen molar-refractivity contribution in [1.29, 1.82) is 5.26 Å². The summed E-state index contributed by atoms with van der Waals surface area (Å²) in [5, 5.41) is 15.2. The molecule has 0 radical (unpaired) electrons. The number of anilines is 1. The fourth-order valence-electron chi connectivity index (χ4n) is 2.05. The molecule has 3 rings (SSSR count). The van der Waals surface area contributed by atoms with Crippen LogP contribution in [-0.4, -0.2) is 9.97 Å². The molecule has 0 aliphatic rings. The van der Waals surface area contributed by atoms with Gasteiger partial charge in [-0.05, 0) is 18.6 Å². The van der Waals surface area contributed by atoms with Crippen molar-refractivity contribution in [2.24, 2.45) is 0 Å². The predicted molar refractivity (Wildman–Crippen MR) is 93.7 cm³/mol. The van der Waals surface area contributed by atoms with Gasteiger partial charge in [-0.2, -0.15) is 5.26 Å². The average Bonchev–Trinajstić information content (AvgIpc) is 3.08. The SMILES string of the molecule is Cc1ccncc1N/C=C(\C#N)c1nc(-c2ccccc2)cs1. The van der Waals surface area contributed by atoms with Gasteiger partial charge in [0.05, 0.1) is 17.6 Å². The minimum absolute atomic E-state index is 0.500. The van der Waals surface area contributed by atoms with Gasteiger partial charge < -0.3 is 5.32 Å². The van der Waals surface area contributed by atoms with Crippen molar-refractivity contribution in [3.8, 4) is 17.3 Å². The average molecular weight is 318 g/mol. The Hall–Kier alpha value is -2.97. The van der Waals surface area contributed by atoms with E-state index in [1.54, 1.807) is 18.6 Å². The molecule has 0 aliphatic heterocycles. The molecular weight excluding hydrogens is 304 g/mol. The maximum Gasteiger partial charge on any atom is 0.136 e. The van der Waals surface area contributed by atoms with E-state index in [9.17, 15) is 5.26 Å². The first-order valence-corrected chi connectivity index (χ1v) is 7.94. The summed E-state index contributed by atoms with van der Waals surface area (Å²) in [7, 11) is 0. The Morgan fingerprint density at radius 2 is 2.09 bits per heavy atom. The highest BCUT2D eigenvalue weighted by molar-refractivity contribution is 7.11. The smallest absolute Gasteiger partial charge is 0.136 e. The standard InChI is InChI=1S/C18H14N4S/c1-13-7-8-20-11-16(13)21-10-15(9-19)18-22-17(12-23-18)14-5-3-2-4-6-14/h2-8,10-12,21H,1H3/b15-10+. The molecule has 0 unspecified atom stereocenters. The first kappa shape index (κ1) is 14.9. The van der Waals surface area contributed by atoms with Gasteiger partial charge in [-0.15, -0.1) is 11.3 Å². The van der Waals surface area contributed by atoms with Crippen LogP contribution in [0.25, 0.3) is 16.8 Å². The normalized spacial score (nSPS) is 11.0. The van der Waals surface area contributed by atoms with Crippen LogP contribution in [0.4, 0.5) is 5.69 Å². The molecule has 0 aliphatic carbocycles. The van der Waals surface area contributed by atoms with Crippen molar-refractivity contribution in [2.75, 3.05) is 5.32 Å². The number of rotatable bonds is 4. The Bertz CT molecular complexity index is 875. The zero-order chi connectivity index (χ0) is 16.1. The summed E-state index contributed by atoms with van der Waals surface area (Å²) >= 11 is 1.46. The Morgan fingerprint density at radius 3 is 2.83 bits per heavy atom. The number of hydrogen-bond donors (Lipinski definition) is 1. The molecular formula is C18H14N4S. The van der Waals surface area contributed by atoms with Crippen molar-refractivity contribution in [1.82, 2.24) is 9.97 Å². The van der Waals surface area contributed by atoms with Crippen molar-refractivity contribution in [2.45, 2.75) is 6.92 Å². The zero-order valence-electron chi connectivity index (χ0n) is 12.5. The molecule has 1 aromatic carbocycles. The van der Waals surface area contributed by atoms with Crippen LogP contribution in [0.15, 0.2) is 60.4 Å². The molecule has 0 saturated carbocycles. The lowest BCUT2D eigenvalue weighted by molar-refractivity contribution is 1.28. The van der Waals surface area contributed by atoms with Gasteiger partial charge in [0, 0.05) is 23.3 Å². The topological polar surface area (TPSA) is 61.6 Å². The molecule has 0 atom stereocenters. The first-order valence-electron chi connectivity index (χ1n) is 7.06. The minimum Gasteiger partial charge on any atom is -0.359 e. The lowest BCUT2D eigenvalue weighted by atomic mass is 10.2. The Kier molecular flexibility index (Phi) is 4.46. The molecule has 0 saturated heterocycles. The van der Waals surface area contributed by atoms with E-state index in [1.165, 1.54) is 11.3 Å². The summed E-state index contributed by atoms with van der Waals surface area (Å²) < 4.78 is 0. The third kappa shape index (κ3) is 3.44. The number of thiazole rings is 1. The Labute approximate surface area is 138 Å². The number of benzene rings is 1. The van der Waals surface area contributed by atoms with Gasteiger partial charge in [-0.3, -0.25) is 4.98 Å². The molecule has 5 heteroatoms. The largest absolute Gasteiger partial charge is 0.359 e. The molecule has 0 amide bonds. The maximum absolute atomic E-state index is 9.40. The summed E-state index contributed by atoms with van der Waals surface area (Å²) in [5.41, 5.74) is 4.37. The molecule has 0 spiro atoms. The van der Waals surface area contributed by atoms with Crippen LogP contribution in [0, 0.1) is 18.3 Å². The molecule has 112 valence electrons. The van der Waals surface area contributed by atoms with E-state index in [0.717, 1.165) is 22.5 Å². The Balaban J connectivity index is 1.85. The summed E-state index contributed by atoms with van der Waals surface area (Å²) in [4.78, 5) is 8.64. The number of aryl methyl sites for hydroxylation is 1. The van der Waals surface area contributed by atoms with Crippen LogP contribution in [0.2, 0.25) is 0 Å². The Morgan fingerprint density at radius 1 is 1.26 bits per heavy atom. The molecule has 1 N–H and O–H groups in total. The van der Waals surface area contributed by atoms with Gasteiger partial charge in [0.15, 0.2) is 0 Å². The van der Waals surface area contributed by atoms with E-state index < -0.39 is 0 Å². The lowest BCUT2D eigenvalue weighted by Crippen LogP contribution is -1.94. The number of nitriles is 1. The third-order valence-corrected chi connectivity index (χ3v) is 4.21. The number of nitrogens with one attached hydrogen (secondary N) is 1. The van der Waals surface area contributed by atoms with Crippen LogP contribution in [0.5, 0.6) is 0 Å². The number of pyridine rings is 1. The van der Waals surface area contributed by atoms with Crippen LogP contribution < -0.4 is 5.32 Å². The fraction of sp³-hybridized carbons (Fsp3) is 0.0556. The summed E-state index contributed by atoms with van der Waals surface area (Å²) in [6.45, 7) is 1.99. The van der Waals surface area contributed by atoms with Crippen LogP contribution in [-0.2, 0) is 0 Å². The third-order valence-electron chi connectivity index (χ3n) is 3.34.